The number of hydrogen-bond donors (Lipinski definition) is 0. The Bertz CT molecular complexity index is 454. The molecule has 0 aliphatic carbocycles. The van der Waals surface area contributed by atoms with Crippen molar-refractivity contribution in [1.82, 2.24) is 0 Å². The van der Waals surface area contributed by atoms with E-state index in [0.717, 1.165) is 12.1 Å². The van der Waals surface area contributed by atoms with Crippen LogP contribution in [-0.2, 0) is 6.42 Å². The van der Waals surface area contributed by atoms with Gasteiger partial charge in [-0.3, -0.25) is 4.79 Å². The van der Waals surface area contributed by atoms with E-state index in [-0.39, 0.29) is 17.5 Å². The molecule has 0 amide bonds. The summed E-state index contributed by atoms with van der Waals surface area (Å²) in [7, 11) is 0. The van der Waals surface area contributed by atoms with Gasteiger partial charge in [0, 0.05) is 5.56 Å². The summed E-state index contributed by atoms with van der Waals surface area (Å²) in [6.07, 6.45) is 0.462. The first-order chi connectivity index (χ1) is 6.72. The average Bonchev–Trinajstić information content (AvgIpc) is 2.19. The summed E-state index contributed by atoms with van der Waals surface area (Å²) < 4.78 is 13.0. The molecule has 4 heteroatoms. The number of rotatable bonds is 2. The number of hydrogen-bond acceptors (Lipinski definition) is 3. The summed E-state index contributed by atoms with van der Waals surface area (Å²) in [5.41, 5.74) is 0.303. The van der Waals surface area contributed by atoms with E-state index in [1.807, 2.05) is 6.07 Å². The van der Waals surface area contributed by atoms with E-state index in [1.165, 1.54) is 0 Å². The van der Waals surface area contributed by atoms with Gasteiger partial charge in [0.25, 0.3) is 0 Å². The molecule has 1 aromatic carbocycles. The first-order valence-electron chi connectivity index (χ1n) is 3.77. The van der Waals surface area contributed by atoms with Crippen molar-refractivity contribution in [3.63, 3.8) is 0 Å². The first kappa shape index (κ1) is 9.88. The van der Waals surface area contributed by atoms with Gasteiger partial charge in [0.2, 0.25) is 0 Å². The molecule has 0 aromatic heterocycles. The lowest BCUT2D eigenvalue weighted by Gasteiger charge is -2.01. The maximum absolute atomic E-state index is 13.0. The Balaban J connectivity index is 3.34. The van der Waals surface area contributed by atoms with Crippen LogP contribution in [0.25, 0.3) is 0 Å². The molecule has 68 valence electrons. The van der Waals surface area contributed by atoms with E-state index in [1.54, 1.807) is 6.07 Å². The van der Waals surface area contributed by atoms with Gasteiger partial charge < -0.3 is 0 Å². The van der Waals surface area contributed by atoms with Crippen LogP contribution in [0.5, 0.6) is 0 Å². The largest absolute Gasteiger partial charge is 0.298 e. The summed E-state index contributed by atoms with van der Waals surface area (Å²) in [4.78, 5) is 10.5. The van der Waals surface area contributed by atoms with Crippen molar-refractivity contribution in [1.29, 1.82) is 10.5 Å². The van der Waals surface area contributed by atoms with Gasteiger partial charge in [-0.05, 0) is 17.7 Å². The summed E-state index contributed by atoms with van der Waals surface area (Å²) in [6, 6.07) is 5.63. The monoisotopic (exact) mass is 188 g/mol. The smallest absolute Gasteiger partial charge is 0.150 e. The van der Waals surface area contributed by atoms with Crippen LogP contribution in [0.1, 0.15) is 21.5 Å². The second kappa shape index (κ2) is 4.15. The fourth-order valence-electron chi connectivity index (χ4n) is 1.06. The predicted octanol–water partition coefficient (Wildman–Crippen LogP) is 1.58. The SMILES string of the molecule is N#CCc1cc(F)c(C#N)cc1C=O. The molecule has 0 saturated heterocycles. The molecule has 0 spiro atoms. The van der Waals surface area contributed by atoms with Crippen molar-refractivity contribution >= 4 is 6.29 Å². The highest BCUT2D eigenvalue weighted by Gasteiger charge is 2.08. The molecule has 0 atom stereocenters. The summed E-state index contributed by atoms with van der Waals surface area (Å²) in [5.74, 6) is -0.705. The molecule has 0 fully saturated rings. The van der Waals surface area contributed by atoms with Crippen LogP contribution in [-0.4, -0.2) is 6.29 Å². The third-order valence-electron chi connectivity index (χ3n) is 1.75. The van der Waals surface area contributed by atoms with Crippen LogP contribution >= 0.6 is 0 Å². The Morgan fingerprint density at radius 1 is 1.43 bits per heavy atom. The minimum Gasteiger partial charge on any atom is -0.298 e. The maximum Gasteiger partial charge on any atom is 0.150 e. The van der Waals surface area contributed by atoms with Crippen molar-refractivity contribution < 1.29 is 9.18 Å². The Hall–Kier alpha value is -2.20. The lowest BCUT2D eigenvalue weighted by atomic mass is 10.0. The molecule has 0 N–H and O–H groups in total. The van der Waals surface area contributed by atoms with E-state index in [0.29, 0.717) is 11.8 Å². The molecule has 0 unspecified atom stereocenters. The Kier molecular flexibility index (Phi) is 2.93. The van der Waals surface area contributed by atoms with Crippen LogP contribution < -0.4 is 0 Å². The summed E-state index contributed by atoms with van der Waals surface area (Å²) in [6.45, 7) is 0. The molecule has 14 heavy (non-hydrogen) atoms. The highest BCUT2D eigenvalue weighted by atomic mass is 19.1. The van der Waals surface area contributed by atoms with Gasteiger partial charge in [0.15, 0.2) is 0 Å². The fourth-order valence-corrected chi connectivity index (χ4v) is 1.06. The highest BCUT2D eigenvalue weighted by molar-refractivity contribution is 5.78. The molecule has 0 radical (unpaired) electrons. The van der Waals surface area contributed by atoms with Crippen LogP contribution in [0.4, 0.5) is 4.39 Å². The van der Waals surface area contributed by atoms with Crippen LogP contribution in [0.2, 0.25) is 0 Å². The number of nitrogens with zero attached hydrogens (tertiary/aromatic N) is 2. The molecule has 0 heterocycles. The standard InChI is InChI=1S/C10H5FN2O/c11-10-4-7(1-2-12)9(6-14)3-8(10)5-13/h3-4,6H,1H2. The molecule has 1 aromatic rings. The third kappa shape index (κ3) is 1.75. The van der Waals surface area contributed by atoms with Gasteiger partial charge in [-0.15, -0.1) is 0 Å². The predicted molar refractivity (Wildman–Crippen MR) is 45.8 cm³/mol. The molecule has 0 aliphatic rings. The molecule has 1 rings (SSSR count). The summed E-state index contributed by atoms with van der Waals surface area (Å²) >= 11 is 0. The number of aldehydes is 1. The third-order valence-corrected chi connectivity index (χ3v) is 1.75. The normalized spacial score (nSPS) is 8.79. The number of halogens is 1. The zero-order valence-electron chi connectivity index (χ0n) is 7.12. The van der Waals surface area contributed by atoms with E-state index >= 15 is 0 Å². The molecule has 3 nitrogen and oxygen atoms in total. The minimum absolute atomic E-state index is 0.0449. The number of carbonyl (C=O) groups excluding carboxylic acids is 1. The maximum atomic E-state index is 13.0. The minimum atomic E-state index is -0.705. The van der Waals surface area contributed by atoms with Crippen molar-refractivity contribution in [2.75, 3.05) is 0 Å². The second-order valence-electron chi connectivity index (χ2n) is 2.60. The van der Waals surface area contributed by atoms with Crippen LogP contribution in [0, 0.1) is 28.5 Å². The van der Waals surface area contributed by atoms with Gasteiger partial charge in [0.1, 0.15) is 18.2 Å². The molecular formula is C10H5FN2O. The fraction of sp³-hybridized carbons (Fsp3) is 0.100. The zero-order chi connectivity index (χ0) is 10.6. The molecule has 0 bridgehead atoms. The average molecular weight is 188 g/mol. The van der Waals surface area contributed by atoms with E-state index in [4.69, 9.17) is 10.5 Å². The number of carbonyl (C=O) groups is 1. The van der Waals surface area contributed by atoms with E-state index in [9.17, 15) is 9.18 Å². The Morgan fingerprint density at radius 2 is 2.14 bits per heavy atom. The van der Waals surface area contributed by atoms with Crippen LogP contribution in [0.3, 0.4) is 0 Å². The summed E-state index contributed by atoms with van der Waals surface area (Å²) in [5, 5.41) is 16.9. The Labute approximate surface area is 80.0 Å². The van der Waals surface area contributed by atoms with Crippen molar-refractivity contribution in [2.24, 2.45) is 0 Å². The zero-order valence-corrected chi connectivity index (χ0v) is 7.12. The lowest BCUT2D eigenvalue weighted by molar-refractivity contribution is 0.112. The molecule has 0 aliphatic heterocycles. The van der Waals surface area contributed by atoms with Gasteiger partial charge in [-0.1, -0.05) is 0 Å². The van der Waals surface area contributed by atoms with Gasteiger partial charge in [-0.2, -0.15) is 10.5 Å². The number of benzene rings is 1. The van der Waals surface area contributed by atoms with Gasteiger partial charge in [-0.25, -0.2) is 4.39 Å². The molecular weight excluding hydrogens is 183 g/mol. The van der Waals surface area contributed by atoms with Gasteiger partial charge in [0.05, 0.1) is 18.1 Å². The topological polar surface area (TPSA) is 64.7 Å². The molecule has 0 saturated carbocycles. The van der Waals surface area contributed by atoms with Crippen molar-refractivity contribution in [2.45, 2.75) is 6.42 Å². The second-order valence-corrected chi connectivity index (χ2v) is 2.60. The highest BCUT2D eigenvalue weighted by Crippen LogP contribution is 2.14. The number of nitriles is 2. The van der Waals surface area contributed by atoms with E-state index in [2.05, 4.69) is 0 Å². The van der Waals surface area contributed by atoms with Crippen LogP contribution in [0.15, 0.2) is 12.1 Å². The lowest BCUT2D eigenvalue weighted by Crippen LogP contribution is -1.96. The quantitative estimate of drug-likeness (QED) is 0.661. The Morgan fingerprint density at radius 3 is 2.64 bits per heavy atom. The van der Waals surface area contributed by atoms with Gasteiger partial charge >= 0.3 is 0 Å². The first-order valence-corrected chi connectivity index (χ1v) is 3.77. The van der Waals surface area contributed by atoms with Crippen molar-refractivity contribution in [3.05, 3.63) is 34.6 Å². The van der Waals surface area contributed by atoms with Crippen molar-refractivity contribution in [3.8, 4) is 12.1 Å². The van der Waals surface area contributed by atoms with E-state index < -0.39 is 5.82 Å².